The zero-order chi connectivity index (χ0) is 16.0. The van der Waals surface area contributed by atoms with Crippen LogP contribution in [-0.2, 0) is 14.3 Å². The molecule has 0 aromatic heterocycles. The van der Waals surface area contributed by atoms with Crippen molar-refractivity contribution in [1.82, 2.24) is 0 Å². The van der Waals surface area contributed by atoms with Crippen LogP contribution < -0.4 is 0 Å². The smallest absolute Gasteiger partial charge is 0.324 e. The van der Waals surface area contributed by atoms with Gasteiger partial charge in [0.1, 0.15) is 6.10 Å². The molecule has 1 aromatic rings. The monoisotopic (exact) mass is 289 g/mol. The molecule has 0 bridgehead atoms. The number of ether oxygens (including phenoxy) is 1. The fraction of sp³-hybridized carbons (Fsp3) is 0.438. The van der Waals surface area contributed by atoms with Crippen LogP contribution in [0, 0.1) is 16.7 Å². The Bertz CT molecular complexity index is 553. The van der Waals surface area contributed by atoms with E-state index in [1.165, 1.54) is 0 Å². The highest BCUT2D eigenvalue weighted by Gasteiger charge is 2.45. The second-order valence-electron chi connectivity index (χ2n) is 4.88. The van der Waals surface area contributed by atoms with Crippen molar-refractivity contribution in [1.29, 1.82) is 5.26 Å². The van der Waals surface area contributed by atoms with Gasteiger partial charge in [0, 0.05) is 0 Å². The summed E-state index contributed by atoms with van der Waals surface area (Å²) >= 11 is 0. The van der Waals surface area contributed by atoms with Crippen molar-refractivity contribution >= 4 is 11.9 Å². The summed E-state index contributed by atoms with van der Waals surface area (Å²) in [4.78, 5) is 23.6. The van der Waals surface area contributed by atoms with Gasteiger partial charge in [-0.2, -0.15) is 5.26 Å². The second kappa shape index (κ2) is 6.89. The van der Waals surface area contributed by atoms with Crippen molar-refractivity contribution in [3.63, 3.8) is 0 Å². The molecule has 0 saturated heterocycles. The third kappa shape index (κ3) is 3.40. The summed E-state index contributed by atoms with van der Waals surface area (Å²) in [5, 5.41) is 18.1. The summed E-state index contributed by atoms with van der Waals surface area (Å²) in [5.41, 5.74) is -0.269. The van der Waals surface area contributed by atoms with E-state index in [4.69, 9.17) is 10.00 Å². The number of carbonyl (C=O) groups is 2. The Hall–Kier alpha value is -2.35. The quantitative estimate of drug-likeness (QED) is 0.642. The molecule has 0 aliphatic heterocycles. The van der Waals surface area contributed by atoms with E-state index in [9.17, 15) is 14.7 Å². The van der Waals surface area contributed by atoms with Crippen molar-refractivity contribution in [3.05, 3.63) is 35.4 Å². The maximum absolute atomic E-state index is 12.2. The Balaban J connectivity index is 2.90. The minimum Gasteiger partial charge on any atom is -0.480 e. The minimum absolute atomic E-state index is 0.178. The fourth-order valence-corrected chi connectivity index (χ4v) is 2.10. The van der Waals surface area contributed by atoms with Gasteiger partial charge in [0.15, 0.2) is 5.41 Å². The van der Waals surface area contributed by atoms with E-state index in [1.807, 2.05) is 6.07 Å². The number of hydrogen-bond donors (Lipinski definition) is 1. The molecule has 1 aromatic carbocycles. The molecule has 1 unspecified atom stereocenters. The number of carboxylic acids is 1. The SMILES string of the molecule is CCC(CC)(C(=O)O)C(=O)OC(C)c1ccc(C#N)cc1. The molecular formula is C16H19NO4. The molecule has 0 spiro atoms. The maximum Gasteiger partial charge on any atom is 0.324 e. The summed E-state index contributed by atoms with van der Waals surface area (Å²) in [5.74, 6) is -1.89. The van der Waals surface area contributed by atoms with Gasteiger partial charge in [-0.05, 0) is 37.5 Å². The molecule has 112 valence electrons. The van der Waals surface area contributed by atoms with E-state index < -0.39 is 23.5 Å². The molecule has 0 aliphatic carbocycles. The average molecular weight is 289 g/mol. The van der Waals surface area contributed by atoms with Gasteiger partial charge in [-0.25, -0.2) is 0 Å². The Morgan fingerprint density at radius 3 is 2.19 bits per heavy atom. The summed E-state index contributed by atoms with van der Waals surface area (Å²) < 4.78 is 5.32. The molecule has 0 amide bonds. The summed E-state index contributed by atoms with van der Waals surface area (Å²) in [6.45, 7) is 4.99. The molecule has 1 N–H and O–H groups in total. The number of nitriles is 1. The number of hydrogen-bond acceptors (Lipinski definition) is 4. The van der Waals surface area contributed by atoms with E-state index in [0.717, 1.165) is 0 Å². The van der Waals surface area contributed by atoms with Gasteiger partial charge in [0.25, 0.3) is 0 Å². The van der Waals surface area contributed by atoms with Crippen molar-refractivity contribution in [3.8, 4) is 6.07 Å². The molecule has 0 aliphatic rings. The van der Waals surface area contributed by atoms with Crippen LogP contribution in [0.15, 0.2) is 24.3 Å². The fourth-order valence-electron chi connectivity index (χ4n) is 2.10. The molecule has 1 rings (SSSR count). The highest BCUT2D eigenvalue weighted by atomic mass is 16.5. The Morgan fingerprint density at radius 2 is 1.81 bits per heavy atom. The van der Waals surface area contributed by atoms with E-state index in [-0.39, 0.29) is 12.8 Å². The van der Waals surface area contributed by atoms with E-state index in [0.29, 0.717) is 11.1 Å². The van der Waals surface area contributed by atoms with Gasteiger partial charge in [0.05, 0.1) is 11.6 Å². The van der Waals surface area contributed by atoms with Crippen molar-refractivity contribution in [2.45, 2.75) is 39.7 Å². The largest absolute Gasteiger partial charge is 0.480 e. The van der Waals surface area contributed by atoms with Crippen molar-refractivity contribution in [2.75, 3.05) is 0 Å². The molecule has 0 fully saturated rings. The molecule has 21 heavy (non-hydrogen) atoms. The number of carbonyl (C=O) groups excluding carboxylic acids is 1. The Morgan fingerprint density at radius 1 is 1.29 bits per heavy atom. The van der Waals surface area contributed by atoms with Crippen LogP contribution in [0.2, 0.25) is 0 Å². The first kappa shape index (κ1) is 16.7. The predicted octanol–water partition coefficient (Wildman–Crippen LogP) is 3.05. The van der Waals surface area contributed by atoms with E-state index in [2.05, 4.69) is 0 Å². The summed E-state index contributed by atoms with van der Waals surface area (Å²) in [6, 6.07) is 8.65. The number of rotatable bonds is 6. The number of nitrogens with zero attached hydrogens (tertiary/aromatic N) is 1. The van der Waals surface area contributed by atoms with Crippen LogP contribution >= 0.6 is 0 Å². The Kier molecular flexibility index (Phi) is 5.48. The number of benzene rings is 1. The molecule has 5 heteroatoms. The first-order valence-corrected chi connectivity index (χ1v) is 6.85. The standard InChI is InChI=1S/C16H19NO4/c1-4-16(5-2,14(18)19)15(20)21-11(3)13-8-6-12(10-17)7-9-13/h6-9,11H,4-5H2,1-3H3,(H,18,19). The second-order valence-corrected chi connectivity index (χ2v) is 4.88. The minimum atomic E-state index is -1.50. The molecule has 1 atom stereocenters. The summed E-state index contributed by atoms with van der Waals surface area (Å²) in [6.07, 6.45) is -0.211. The number of esters is 1. The molecule has 5 nitrogen and oxygen atoms in total. The van der Waals surface area contributed by atoms with Crippen LogP contribution in [0.1, 0.15) is 50.8 Å². The molecule has 0 saturated carbocycles. The topological polar surface area (TPSA) is 87.4 Å². The zero-order valence-electron chi connectivity index (χ0n) is 12.4. The van der Waals surface area contributed by atoms with E-state index in [1.54, 1.807) is 45.0 Å². The predicted molar refractivity (Wildman–Crippen MR) is 76.3 cm³/mol. The Labute approximate surface area is 124 Å². The van der Waals surface area contributed by atoms with Crippen LogP contribution in [0.3, 0.4) is 0 Å². The van der Waals surface area contributed by atoms with E-state index >= 15 is 0 Å². The highest BCUT2D eigenvalue weighted by Crippen LogP contribution is 2.31. The van der Waals surface area contributed by atoms with Crippen LogP contribution in [-0.4, -0.2) is 17.0 Å². The van der Waals surface area contributed by atoms with Gasteiger partial charge in [-0.15, -0.1) is 0 Å². The highest BCUT2D eigenvalue weighted by molar-refractivity contribution is 5.99. The van der Waals surface area contributed by atoms with Gasteiger partial charge < -0.3 is 9.84 Å². The van der Waals surface area contributed by atoms with Crippen LogP contribution in [0.5, 0.6) is 0 Å². The van der Waals surface area contributed by atoms with Crippen molar-refractivity contribution < 1.29 is 19.4 Å². The third-order valence-electron chi connectivity index (χ3n) is 3.80. The number of carboxylic acid groups (broad SMARTS) is 1. The average Bonchev–Trinajstić information content (AvgIpc) is 2.48. The molecular weight excluding hydrogens is 270 g/mol. The lowest BCUT2D eigenvalue weighted by molar-refractivity contribution is -0.173. The molecule has 0 heterocycles. The first-order chi connectivity index (χ1) is 9.91. The van der Waals surface area contributed by atoms with Gasteiger partial charge in [-0.3, -0.25) is 9.59 Å². The normalized spacial score (nSPS) is 12.3. The third-order valence-corrected chi connectivity index (χ3v) is 3.80. The zero-order valence-corrected chi connectivity index (χ0v) is 12.4. The lowest BCUT2D eigenvalue weighted by Gasteiger charge is -2.26. The lowest BCUT2D eigenvalue weighted by atomic mass is 9.82. The van der Waals surface area contributed by atoms with Gasteiger partial charge in [0.2, 0.25) is 0 Å². The van der Waals surface area contributed by atoms with Crippen LogP contribution in [0.4, 0.5) is 0 Å². The van der Waals surface area contributed by atoms with Crippen LogP contribution in [0.25, 0.3) is 0 Å². The van der Waals surface area contributed by atoms with Gasteiger partial charge >= 0.3 is 11.9 Å². The lowest BCUT2D eigenvalue weighted by Crippen LogP contribution is -2.40. The molecule has 0 radical (unpaired) electrons. The first-order valence-electron chi connectivity index (χ1n) is 6.85. The summed E-state index contributed by atoms with van der Waals surface area (Å²) in [7, 11) is 0. The van der Waals surface area contributed by atoms with Gasteiger partial charge in [-0.1, -0.05) is 26.0 Å². The number of aliphatic carboxylic acids is 1. The maximum atomic E-state index is 12.2. The van der Waals surface area contributed by atoms with Crippen molar-refractivity contribution in [2.24, 2.45) is 5.41 Å².